The minimum absolute atomic E-state index is 0.117. The predicted octanol–water partition coefficient (Wildman–Crippen LogP) is 1.38. The van der Waals surface area contributed by atoms with E-state index < -0.39 is 0 Å². The molecule has 15 heavy (non-hydrogen) atoms. The van der Waals surface area contributed by atoms with E-state index in [0.717, 1.165) is 12.2 Å². The molecule has 1 rings (SSSR count). The van der Waals surface area contributed by atoms with Gasteiger partial charge in [-0.2, -0.15) is 0 Å². The summed E-state index contributed by atoms with van der Waals surface area (Å²) in [5.74, 6) is 1.07. The molecule has 0 N–H and O–H groups in total. The minimum atomic E-state index is -0.133. The lowest BCUT2D eigenvalue weighted by atomic mass is 9.92. The van der Waals surface area contributed by atoms with E-state index in [2.05, 4.69) is 25.8 Å². The van der Waals surface area contributed by atoms with Crippen molar-refractivity contribution < 1.29 is 4.74 Å². The highest BCUT2D eigenvalue weighted by Crippen LogP contribution is 2.18. The van der Waals surface area contributed by atoms with Gasteiger partial charge in [-0.15, -0.1) is 0 Å². The van der Waals surface area contributed by atoms with Gasteiger partial charge in [-0.3, -0.25) is 9.36 Å². The lowest BCUT2D eigenvalue weighted by Gasteiger charge is -2.19. The summed E-state index contributed by atoms with van der Waals surface area (Å²) in [5.41, 5.74) is -0.0158. The van der Waals surface area contributed by atoms with E-state index in [-0.39, 0.29) is 16.7 Å². The van der Waals surface area contributed by atoms with Gasteiger partial charge in [0.2, 0.25) is 5.75 Å². The van der Waals surface area contributed by atoms with Crippen LogP contribution in [-0.2, 0) is 13.5 Å². The van der Waals surface area contributed by atoms with E-state index in [9.17, 15) is 4.79 Å². The van der Waals surface area contributed by atoms with E-state index in [0.29, 0.717) is 0 Å². The SMILES string of the molecule is COc1cnc(CC(C)(C)C)n(C)c1=O. The van der Waals surface area contributed by atoms with Crippen LogP contribution in [0.15, 0.2) is 11.0 Å². The standard InChI is InChI=1S/C11H18N2O2/c1-11(2,3)6-9-12-7-8(15-5)10(14)13(9)4/h7H,6H2,1-5H3. The molecule has 0 saturated carbocycles. The average Bonchev–Trinajstić information content (AvgIpc) is 2.11. The second-order valence-corrected chi connectivity index (χ2v) is 4.84. The molecule has 0 atom stereocenters. The zero-order valence-corrected chi connectivity index (χ0v) is 10.00. The largest absolute Gasteiger partial charge is 0.490 e. The smallest absolute Gasteiger partial charge is 0.295 e. The number of hydrogen-bond acceptors (Lipinski definition) is 3. The van der Waals surface area contributed by atoms with Crippen molar-refractivity contribution in [2.45, 2.75) is 27.2 Å². The molecule has 84 valence electrons. The van der Waals surface area contributed by atoms with Crippen LogP contribution in [0.5, 0.6) is 5.75 Å². The second kappa shape index (κ2) is 4.04. The number of ether oxygens (including phenoxy) is 1. The Morgan fingerprint density at radius 3 is 2.53 bits per heavy atom. The Morgan fingerprint density at radius 2 is 2.07 bits per heavy atom. The molecule has 0 aliphatic heterocycles. The molecule has 1 aromatic rings. The Balaban J connectivity index is 3.13. The van der Waals surface area contributed by atoms with Crippen LogP contribution in [-0.4, -0.2) is 16.7 Å². The van der Waals surface area contributed by atoms with Crippen molar-refractivity contribution in [3.63, 3.8) is 0 Å². The third-order valence-corrected chi connectivity index (χ3v) is 2.14. The van der Waals surface area contributed by atoms with E-state index >= 15 is 0 Å². The molecule has 4 nitrogen and oxygen atoms in total. The highest BCUT2D eigenvalue weighted by Gasteiger charge is 2.15. The summed E-state index contributed by atoms with van der Waals surface area (Å²) in [7, 11) is 3.20. The molecule has 1 aromatic heterocycles. The van der Waals surface area contributed by atoms with E-state index in [1.807, 2.05) is 0 Å². The van der Waals surface area contributed by atoms with Crippen molar-refractivity contribution in [2.75, 3.05) is 7.11 Å². The quantitative estimate of drug-likeness (QED) is 0.740. The van der Waals surface area contributed by atoms with Crippen LogP contribution >= 0.6 is 0 Å². The van der Waals surface area contributed by atoms with E-state index in [1.54, 1.807) is 11.6 Å². The second-order valence-electron chi connectivity index (χ2n) is 4.84. The first-order chi connectivity index (χ1) is 6.85. The van der Waals surface area contributed by atoms with Crippen molar-refractivity contribution in [2.24, 2.45) is 12.5 Å². The van der Waals surface area contributed by atoms with Gasteiger partial charge in [-0.05, 0) is 5.41 Å². The maximum atomic E-state index is 11.7. The summed E-state index contributed by atoms with van der Waals surface area (Å²) < 4.78 is 6.46. The molecule has 0 spiro atoms. The molecule has 0 saturated heterocycles. The van der Waals surface area contributed by atoms with Crippen LogP contribution in [0, 0.1) is 5.41 Å². The summed E-state index contributed by atoms with van der Waals surface area (Å²) in [5, 5.41) is 0. The summed E-state index contributed by atoms with van der Waals surface area (Å²) in [6.07, 6.45) is 2.26. The maximum Gasteiger partial charge on any atom is 0.295 e. The first-order valence-corrected chi connectivity index (χ1v) is 4.94. The van der Waals surface area contributed by atoms with Crippen molar-refractivity contribution in [3.05, 3.63) is 22.4 Å². The van der Waals surface area contributed by atoms with Gasteiger partial charge in [0.1, 0.15) is 5.82 Å². The Kier molecular flexibility index (Phi) is 3.17. The molecule has 0 unspecified atom stereocenters. The van der Waals surface area contributed by atoms with Gasteiger partial charge in [-0.1, -0.05) is 20.8 Å². The van der Waals surface area contributed by atoms with Gasteiger partial charge in [-0.25, -0.2) is 4.98 Å². The fourth-order valence-corrected chi connectivity index (χ4v) is 1.34. The normalized spacial score (nSPS) is 11.5. The van der Waals surface area contributed by atoms with Crippen molar-refractivity contribution in [3.8, 4) is 5.75 Å². The molecule has 0 amide bonds. The zero-order chi connectivity index (χ0) is 11.6. The number of rotatable bonds is 2. The third kappa shape index (κ3) is 2.81. The first-order valence-electron chi connectivity index (χ1n) is 4.94. The Morgan fingerprint density at radius 1 is 1.47 bits per heavy atom. The average molecular weight is 210 g/mol. The van der Waals surface area contributed by atoms with Crippen molar-refractivity contribution in [1.29, 1.82) is 0 Å². The predicted molar refractivity (Wildman–Crippen MR) is 59.2 cm³/mol. The van der Waals surface area contributed by atoms with Crippen LogP contribution in [0.4, 0.5) is 0 Å². The van der Waals surface area contributed by atoms with Gasteiger partial charge >= 0.3 is 0 Å². The van der Waals surface area contributed by atoms with Crippen molar-refractivity contribution >= 4 is 0 Å². The fourth-order valence-electron chi connectivity index (χ4n) is 1.34. The van der Waals surface area contributed by atoms with Crippen LogP contribution in [0.1, 0.15) is 26.6 Å². The highest BCUT2D eigenvalue weighted by atomic mass is 16.5. The Bertz CT molecular complexity index is 402. The lowest BCUT2D eigenvalue weighted by molar-refractivity contribution is 0.377. The van der Waals surface area contributed by atoms with Crippen LogP contribution < -0.4 is 10.3 Å². The Hall–Kier alpha value is -1.32. The molecule has 0 bridgehead atoms. The fraction of sp³-hybridized carbons (Fsp3) is 0.636. The minimum Gasteiger partial charge on any atom is -0.490 e. The zero-order valence-electron chi connectivity index (χ0n) is 10.00. The van der Waals surface area contributed by atoms with E-state index in [1.165, 1.54) is 13.3 Å². The first kappa shape index (κ1) is 11.8. The number of methoxy groups -OCH3 is 1. The summed E-state index contributed by atoms with van der Waals surface area (Å²) in [4.78, 5) is 15.9. The summed E-state index contributed by atoms with van der Waals surface area (Å²) >= 11 is 0. The van der Waals surface area contributed by atoms with Gasteiger partial charge < -0.3 is 4.74 Å². The monoisotopic (exact) mass is 210 g/mol. The van der Waals surface area contributed by atoms with Gasteiger partial charge in [0, 0.05) is 13.5 Å². The van der Waals surface area contributed by atoms with Gasteiger partial charge in [0.05, 0.1) is 13.3 Å². The number of nitrogens with zero attached hydrogens (tertiary/aromatic N) is 2. The molecule has 0 aliphatic rings. The topological polar surface area (TPSA) is 44.1 Å². The molecule has 0 radical (unpaired) electrons. The van der Waals surface area contributed by atoms with Crippen molar-refractivity contribution in [1.82, 2.24) is 9.55 Å². The molecule has 0 aliphatic carbocycles. The molecule has 0 fully saturated rings. The molecular weight excluding hydrogens is 192 g/mol. The molecule has 4 heteroatoms. The number of hydrogen-bond donors (Lipinski definition) is 0. The number of aromatic nitrogens is 2. The Labute approximate surface area is 89.9 Å². The van der Waals surface area contributed by atoms with Gasteiger partial charge in [0.15, 0.2) is 0 Å². The third-order valence-electron chi connectivity index (χ3n) is 2.14. The highest BCUT2D eigenvalue weighted by molar-refractivity contribution is 5.14. The van der Waals surface area contributed by atoms with Crippen LogP contribution in [0.3, 0.4) is 0 Å². The van der Waals surface area contributed by atoms with Crippen LogP contribution in [0.25, 0.3) is 0 Å². The lowest BCUT2D eigenvalue weighted by Crippen LogP contribution is -2.25. The van der Waals surface area contributed by atoms with E-state index in [4.69, 9.17) is 4.74 Å². The summed E-state index contributed by atoms with van der Waals surface area (Å²) in [6.45, 7) is 6.34. The maximum absolute atomic E-state index is 11.7. The van der Waals surface area contributed by atoms with Crippen LogP contribution in [0.2, 0.25) is 0 Å². The summed E-state index contributed by atoms with van der Waals surface area (Å²) in [6, 6.07) is 0. The van der Waals surface area contributed by atoms with Gasteiger partial charge in [0.25, 0.3) is 5.56 Å². The molecule has 1 heterocycles. The molecule has 0 aromatic carbocycles. The molecular formula is C11H18N2O2.